The number of hydrogen-bond acceptors (Lipinski definition) is 1. The van der Waals surface area contributed by atoms with Crippen LogP contribution in [0.2, 0.25) is 0 Å². The summed E-state index contributed by atoms with van der Waals surface area (Å²) in [6.07, 6.45) is -0.191. The van der Waals surface area contributed by atoms with Gasteiger partial charge in [-0.15, -0.1) is 0 Å². The van der Waals surface area contributed by atoms with Crippen molar-refractivity contribution in [1.82, 2.24) is 0 Å². The average Bonchev–Trinajstić information content (AvgIpc) is 2.18. The molecule has 2 rings (SSSR count). The van der Waals surface area contributed by atoms with Crippen LogP contribution in [0.25, 0.3) is 0 Å². The lowest BCUT2D eigenvalue weighted by Crippen LogP contribution is -2.36. The van der Waals surface area contributed by atoms with Gasteiger partial charge >= 0.3 is 0 Å². The number of alkyl halides is 2. The molecule has 1 nitrogen and oxygen atoms in total. The molecule has 0 amide bonds. The summed E-state index contributed by atoms with van der Waals surface area (Å²) in [7, 11) is 0. The van der Waals surface area contributed by atoms with Crippen molar-refractivity contribution in [3.8, 4) is 0 Å². The lowest BCUT2D eigenvalue weighted by molar-refractivity contribution is 0.0469. The zero-order valence-electron chi connectivity index (χ0n) is 8.88. The number of aliphatic imine (C=N–C) groups is 1. The largest absolute Gasteiger partial charge is 0.290 e. The van der Waals surface area contributed by atoms with E-state index in [1.54, 1.807) is 6.92 Å². The highest BCUT2D eigenvalue weighted by atomic mass is 19.3. The molecule has 1 aliphatic heterocycles. The van der Waals surface area contributed by atoms with Crippen molar-refractivity contribution in [2.45, 2.75) is 19.3 Å². The molecule has 0 aromatic heterocycles. The Balaban J connectivity index is 2.36. The fourth-order valence-corrected chi connectivity index (χ4v) is 1.87. The molecule has 4 heteroatoms. The Morgan fingerprint density at radius 3 is 2.44 bits per heavy atom. The van der Waals surface area contributed by atoms with E-state index in [2.05, 4.69) is 4.99 Å². The Morgan fingerprint density at radius 2 is 1.88 bits per heavy atom. The maximum Gasteiger partial charge on any atom is 0.290 e. The Hall–Kier alpha value is -1.32. The fraction of sp³-hybridized carbons (Fsp3) is 0.417. The van der Waals surface area contributed by atoms with E-state index in [0.29, 0.717) is 12.1 Å². The first-order chi connectivity index (χ1) is 7.49. The van der Waals surface area contributed by atoms with Crippen LogP contribution in [0.15, 0.2) is 29.3 Å². The highest BCUT2D eigenvalue weighted by molar-refractivity contribution is 6.05. The SMILES string of the molecule is CC1CN=C(c2ccc(F)cc2)C(F)(F)C1. The van der Waals surface area contributed by atoms with Gasteiger partial charge in [0.2, 0.25) is 0 Å². The third-order valence-corrected chi connectivity index (χ3v) is 2.63. The van der Waals surface area contributed by atoms with Gasteiger partial charge in [-0.2, -0.15) is 8.78 Å². The van der Waals surface area contributed by atoms with Crippen molar-refractivity contribution in [2.24, 2.45) is 10.9 Å². The highest BCUT2D eigenvalue weighted by Gasteiger charge is 2.40. The van der Waals surface area contributed by atoms with Gasteiger partial charge in [0, 0.05) is 18.5 Å². The molecule has 1 heterocycles. The zero-order chi connectivity index (χ0) is 11.8. The third kappa shape index (κ3) is 2.10. The Labute approximate surface area is 92.0 Å². The normalized spacial score (nSPS) is 24.0. The van der Waals surface area contributed by atoms with Crippen LogP contribution in [0.3, 0.4) is 0 Å². The quantitative estimate of drug-likeness (QED) is 0.698. The summed E-state index contributed by atoms with van der Waals surface area (Å²) in [5, 5.41) is 0. The lowest BCUT2D eigenvalue weighted by Gasteiger charge is -2.26. The molecule has 0 radical (unpaired) electrons. The van der Waals surface area contributed by atoms with Crippen LogP contribution in [-0.4, -0.2) is 18.2 Å². The van der Waals surface area contributed by atoms with Crippen molar-refractivity contribution in [1.29, 1.82) is 0 Å². The molecular formula is C12H12F3N. The van der Waals surface area contributed by atoms with E-state index in [1.165, 1.54) is 24.3 Å². The van der Waals surface area contributed by atoms with E-state index in [4.69, 9.17) is 0 Å². The molecule has 1 unspecified atom stereocenters. The van der Waals surface area contributed by atoms with E-state index in [1.807, 2.05) is 0 Å². The van der Waals surface area contributed by atoms with Gasteiger partial charge in [0.25, 0.3) is 5.92 Å². The van der Waals surface area contributed by atoms with Gasteiger partial charge in [0.1, 0.15) is 11.5 Å². The Kier molecular flexibility index (Phi) is 2.74. The average molecular weight is 227 g/mol. The maximum absolute atomic E-state index is 13.7. The van der Waals surface area contributed by atoms with Gasteiger partial charge in [0.15, 0.2) is 0 Å². The van der Waals surface area contributed by atoms with E-state index < -0.39 is 11.7 Å². The highest BCUT2D eigenvalue weighted by Crippen LogP contribution is 2.32. The molecule has 0 spiro atoms. The van der Waals surface area contributed by atoms with Crippen LogP contribution >= 0.6 is 0 Å². The molecule has 0 bridgehead atoms. The van der Waals surface area contributed by atoms with E-state index in [0.717, 1.165) is 0 Å². The predicted octanol–water partition coefficient (Wildman–Crippen LogP) is 3.29. The number of benzene rings is 1. The van der Waals surface area contributed by atoms with E-state index in [-0.39, 0.29) is 18.1 Å². The van der Waals surface area contributed by atoms with Gasteiger partial charge < -0.3 is 0 Å². The van der Waals surface area contributed by atoms with Crippen LogP contribution in [0.5, 0.6) is 0 Å². The molecule has 1 aliphatic rings. The summed E-state index contributed by atoms with van der Waals surface area (Å²) >= 11 is 0. The van der Waals surface area contributed by atoms with Crippen molar-refractivity contribution in [3.63, 3.8) is 0 Å². The van der Waals surface area contributed by atoms with Gasteiger partial charge in [-0.25, -0.2) is 4.39 Å². The van der Waals surface area contributed by atoms with E-state index >= 15 is 0 Å². The van der Waals surface area contributed by atoms with Crippen LogP contribution in [0.1, 0.15) is 18.9 Å². The summed E-state index contributed by atoms with van der Waals surface area (Å²) in [6, 6.07) is 5.04. The lowest BCUT2D eigenvalue weighted by atomic mass is 9.92. The van der Waals surface area contributed by atoms with Crippen LogP contribution < -0.4 is 0 Å². The molecule has 16 heavy (non-hydrogen) atoms. The molecule has 86 valence electrons. The minimum atomic E-state index is -2.91. The standard InChI is InChI=1S/C12H12F3N/c1-8-6-12(14,15)11(16-7-8)9-2-4-10(13)5-3-9/h2-5,8H,6-7H2,1H3. The van der Waals surface area contributed by atoms with Crippen LogP contribution in [0, 0.1) is 11.7 Å². The first kappa shape index (κ1) is 11.2. The minimum absolute atomic E-state index is 0.112. The summed E-state index contributed by atoms with van der Waals surface area (Å²) in [4.78, 5) is 3.91. The van der Waals surface area contributed by atoms with Gasteiger partial charge in [-0.05, 0) is 18.1 Å². The number of halogens is 3. The molecule has 1 aromatic rings. The van der Waals surface area contributed by atoms with Crippen molar-refractivity contribution >= 4 is 5.71 Å². The van der Waals surface area contributed by atoms with Crippen molar-refractivity contribution in [2.75, 3.05) is 6.54 Å². The Bertz CT molecular complexity index is 409. The number of rotatable bonds is 1. The molecular weight excluding hydrogens is 215 g/mol. The zero-order valence-corrected chi connectivity index (χ0v) is 8.88. The minimum Gasteiger partial charge on any atom is -0.283 e. The van der Waals surface area contributed by atoms with Crippen molar-refractivity contribution in [3.05, 3.63) is 35.6 Å². The topological polar surface area (TPSA) is 12.4 Å². The Morgan fingerprint density at radius 1 is 1.25 bits per heavy atom. The summed E-state index contributed by atoms with van der Waals surface area (Å²) < 4.78 is 40.0. The third-order valence-electron chi connectivity index (χ3n) is 2.63. The van der Waals surface area contributed by atoms with Gasteiger partial charge in [0.05, 0.1) is 0 Å². The smallest absolute Gasteiger partial charge is 0.283 e. The molecule has 0 saturated heterocycles. The molecule has 0 N–H and O–H groups in total. The molecule has 0 fully saturated rings. The maximum atomic E-state index is 13.7. The van der Waals surface area contributed by atoms with Gasteiger partial charge in [-0.1, -0.05) is 19.1 Å². The molecule has 1 atom stereocenters. The summed E-state index contributed by atoms with van der Waals surface area (Å²) in [5.74, 6) is -3.45. The van der Waals surface area contributed by atoms with Gasteiger partial charge in [-0.3, -0.25) is 4.99 Å². The summed E-state index contributed by atoms with van der Waals surface area (Å²) in [6.45, 7) is 2.15. The van der Waals surface area contributed by atoms with Crippen LogP contribution in [0.4, 0.5) is 13.2 Å². The van der Waals surface area contributed by atoms with E-state index in [9.17, 15) is 13.2 Å². The first-order valence-corrected chi connectivity index (χ1v) is 5.18. The predicted molar refractivity (Wildman–Crippen MR) is 56.5 cm³/mol. The van der Waals surface area contributed by atoms with Crippen LogP contribution in [-0.2, 0) is 0 Å². The molecule has 1 aromatic carbocycles. The van der Waals surface area contributed by atoms with Crippen molar-refractivity contribution < 1.29 is 13.2 Å². The summed E-state index contributed by atoms with van der Waals surface area (Å²) in [5.41, 5.74) is 0.0869. The monoisotopic (exact) mass is 227 g/mol. The number of nitrogens with zero attached hydrogens (tertiary/aromatic N) is 1. The second-order valence-electron chi connectivity index (χ2n) is 4.21. The fourth-order valence-electron chi connectivity index (χ4n) is 1.87. The number of hydrogen-bond donors (Lipinski definition) is 0. The second kappa shape index (κ2) is 3.92. The molecule has 0 saturated carbocycles. The second-order valence-corrected chi connectivity index (χ2v) is 4.21. The first-order valence-electron chi connectivity index (χ1n) is 5.18. The molecule has 0 aliphatic carbocycles.